The van der Waals surface area contributed by atoms with Crippen molar-refractivity contribution in [2.75, 3.05) is 23.5 Å². The Balaban J connectivity index is 1.20. The first-order valence-electron chi connectivity index (χ1n) is 11.6. The number of fused-ring (bicyclic) bond motifs is 2. The molecule has 4 heterocycles. The monoisotopic (exact) mass is 512 g/mol. The number of aromatic nitrogens is 3. The van der Waals surface area contributed by atoms with Gasteiger partial charge in [-0.3, -0.25) is 14.6 Å². The molecule has 1 fully saturated rings. The number of pyridine rings is 3. The molecule has 36 heavy (non-hydrogen) atoms. The van der Waals surface area contributed by atoms with Crippen LogP contribution in [-0.4, -0.2) is 56.9 Å². The molecular formula is C24H25FN6O4S. The van der Waals surface area contributed by atoms with Crippen LogP contribution in [0.3, 0.4) is 0 Å². The van der Waals surface area contributed by atoms with E-state index in [1.165, 1.54) is 24.9 Å². The summed E-state index contributed by atoms with van der Waals surface area (Å²) in [5, 5.41) is 19.4. The molecule has 12 heteroatoms. The third kappa shape index (κ3) is 5.11. The lowest BCUT2D eigenvalue weighted by Gasteiger charge is -2.33. The standard InChI is InChI=1S/C24H25FN6O4S/c1-35-21-5-4-15-22(31-21)16(6-7-26-15)29-24(34)12-2-3-14(18(32)8-12)27-10-17-13(25)9-19-23(28-17)30-20(33)11-36-19/h4-7,9,12,14,18,27,32H,2-3,8,10-11H2,1H3,(H,26,29,34)(H,28,30,33)/t12-,14-,18?/m1/s1. The van der Waals surface area contributed by atoms with Gasteiger partial charge in [0.2, 0.25) is 17.7 Å². The Morgan fingerprint density at radius 2 is 2.17 bits per heavy atom. The molecule has 4 N–H and O–H groups in total. The molecule has 1 aliphatic carbocycles. The van der Waals surface area contributed by atoms with E-state index in [0.717, 1.165) is 0 Å². The molecule has 3 atom stereocenters. The first kappa shape index (κ1) is 24.3. The number of hydrogen-bond acceptors (Lipinski definition) is 9. The number of thioether (sulfide) groups is 1. The molecular weight excluding hydrogens is 487 g/mol. The minimum Gasteiger partial charge on any atom is -0.481 e. The minimum absolute atomic E-state index is 0.0920. The third-order valence-electron chi connectivity index (χ3n) is 6.37. The number of rotatable bonds is 6. The zero-order chi connectivity index (χ0) is 25.2. The van der Waals surface area contributed by atoms with Gasteiger partial charge in [0.25, 0.3) is 0 Å². The van der Waals surface area contributed by atoms with Crippen LogP contribution in [0.4, 0.5) is 15.9 Å². The number of anilines is 2. The number of nitrogens with zero attached hydrogens (tertiary/aromatic N) is 3. The summed E-state index contributed by atoms with van der Waals surface area (Å²) in [6, 6.07) is 6.20. The van der Waals surface area contributed by atoms with Crippen molar-refractivity contribution in [3.63, 3.8) is 0 Å². The van der Waals surface area contributed by atoms with Crippen LogP contribution < -0.4 is 20.7 Å². The fourth-order valence-corrected chi connectivity index (χ4v) is 5.23. The van der Waals surface area contributed by atoms with E-state index in [2.05, 4.69) is 30.9 Å². The highest BCUT2D eigenvalue weighted by Crippen LogP contribution is 2.32. The summed E-state index contributed by atoms with van der Waals surface area (Å²) in [5.74, 6) is -0.242. The Morgan fingerprint density at radius 1 is 1.31 bits per heavy atom. The molecule has 2 aliphatic rings. The van der Waals surface area contributed by atoms with Crippen molar-refractivity contribution in [1.29, 1.82) is 0 Å². The number of aliphatic hydroxyl groups is 1. The van der Waals surface area contributed by atoms with Gasteiger partial charge in [-0.15, -0.1) is 11.8 Å². The van der Waals surface area contributed by atoms with E-state index in [9.17, 15) is 19.1 Å². The number of nitrogens with one attached hydrogen (secondary N) is 3. The van der Waals surface area contributed by atoms with Gasteiger partial charge in [0.15, 0.2) is 0 Å². The second-order valence-corrected chi connectivity index (χ2v) is 9.75. The van der Waals surface area contributed by atoms with E-state index in [1.54, 1.807) is 24.4 Å². The molecule has 2 amide bonds. The summed E-state index contributed by atoms with van der Waals surface area (Å²) in [7, 11) is 1.52. The number of ether oxygens (including phenoxy) is 1. The van der Waals surface area contributed by atoms with Crippen LogP contribution in [0.25, 0.3) is 11.0 Å². The van der Waals surface area contributed by atoms with Gasteiger partial charge in [-0.25, -0.2) is 14.4 Å². The number of hydrogen-bond donors (Lipinski definition) is 4. The highest BCUT2D eigenvalue weighted by molar-refractivity contribution is 8.00. The zero-order valence-corrected chi connectivity index (χ0v) is 20.3. The molecule has 188 valence electrons. The van der Waals surface area contributed by atoms with E-state index in [4.69, 9.17) is 4.74 Å². The van der Waals surface area contributed by atoms with Gasteiger partial charge >= 0.3 is 0 Å². The van der Waals surface area contributed by atoms with Crippen molar-refractivity contribution < 1.29 is 23.8 Å². The molecule has 1 unspecified atom stereocenters. The van der Waals surface area contributed by atoms with E-state index in [-0.39, 0.29) is 42.3 Å². The molecule has 10 nitrogen and oxygen atoms in total. The second-order valence-electron chi connectivity index (χ2n) is 8.73. The number of halogens is 1. The van der Waals surface area contributed by atoms with Crippen molar-refractivity contribution in [1.82, 2.24) is 20.3 Å². The molecule has 0 radical (unpaired) electrons. The average molecular weight is 513 g/mol. The Hall–Kier alpha value is -3.35. The smallest absolute Gasteiger partial charge is 0.235 e. The summed E-state index contributed by atoms with van der Waals surface area (Å²) >= 11 is 1.25. The lowest BCUT2D eigenvalue weighted by Crippen LogP contribution is -2.46. The fraction of sp³-hybridized carbons (Fsp3) is 0.375. The van der Waals surface area contributed by atoms with Crippen LogP contribution in [0.1, 0.15) is 25.0 Å². The summed E-state index contributed by atoms with van der Waals surface area (Å²) in [6.45, 7) is 0.0920. The van der Waals surface area contributed by atoms with Crippen molar-refractivity contribution in [2.45, 2.75) is 42.8 Å². The van der Waals surface area contributed by atoms with Crippen molar-refractivity contribution >= 4 is 46.1 Å². The number of amides is 2. The molecule has 0 bridgehead atoms. The maximum atomic E-state index is 14.5. The topological polar surface area (TPSA) is 138 Å². The largest absolute Gasteiger partial charge is 0.481 e. The molecule has 1 aliphatic heterocycles. The SMILES string of the molecule is COc1ccc2nccc(NC(=O)[C@@H]3CC[C@@H](NCc4nc5c(cc4F)SCC(=O)N5)C(O)C3)c2n1. The predicted octanol–water partition coefficient (Wildman–Crippen LogP) is 2.47. The Kier molecular flexibility index (Phi) is 6.99. The molecule has 0 aromatic carbocycles. The van der Waals surface area contributed by atoms with Crippen LogP contribution in [0.2, 0.25) is 0 Å². The van der Waals surface area contributed by atoms with Crippen LogP contribution in [0, 0.1) is 11.7 Å². The van der Waals surface area contributed by atoms with E-state index in [1.807, 2.05) is 0 Å². The number of carbonyl (C=O) groups excluding carboxylic acids is 2. The van der Waals surface area contributed by atoms with Crippen molar-refractivity contribution in [2.24, 2.45) is 5.92 Å². The van der Waals surface area contributed by atoms with Gasteiger partial charge < -0.3 is 25.8 Å². The average Bonchev–Trinajstić information content (AvgIpc) is 2.88. The Bertz CT molecular complexity index is 1330. The Labute approximate surface area is 210 Å². The third-order valence-corrected chi connectivity index (χ3v) is 7.40. The first-order chi connectivity index (χ1) is 17.4. The quantitative estimate of drug-likeness (QED) is 0.392. The van der Waals surface area contributed by atoms with Gasteiger partial charge in [0.1, 0.15) is 17.2 Å². The summed E-state index contributed by atoms with van der Waals surface area (Å²) in [5.41, 5.74) is 1.84. The fourth-order valence-electron chi connectivity index (χ4n) is 4.45. The normalized spacial score (nSPS) is 21.5. The molecule has 3 aromatic rings. The molecule has 5 rings (SSSR count). The highest BCUT2D eigenvalue weighted by Gasteiger charge is 2.33. The number of methoxy groups -OCH3 is 1. The number of carbonyl (C=O) groups is 2. The van der Waals surface area contributed by atoms with Gasteiger partial charge in [-0.2, -0.15) is 0 Å². The van der Waals surface area contributed by atoms with Crippen LogP contribution in [0.5, 0.6) is 5.88 Å². The molecule has 0 saturated heterocycles. The number of aliphatic hydroxyl groups excluding tert-OH is 1. The molecule has 1 saturated carbocycles. The molecule has 0 spiro atoms. The lowest BCUT2D eigenvalue weighted by atomic mass is 9.83. The maximum absolute atomic E-state index is 14.5. The molecule has 3 aromatic heterocycles. The van der Waals surface area contributed by atoms with Gasteiger partial charge in [-0.05, 0) is 37.5 Å². The van der Waals surface area contributed by atoms with E-state index < -0.39 is 17.8 Å². The van der Waals surface area contributed by atoms with E-state index in [0.29, 0.717) is 46.2 Å². The van der Waals surface area contributed by atoms with Gasteiger partial charge in [-0.1, -0.05) is 0 Å². The minimum atomic E-state index is -0.794. The second kappa shape index (κ2) is 10.3. The van der Waals surface area contributed by atoms with Crippen LogP contribution in [-0.2, 0) is 16.1 Å². The summed E-state index contributed by atoms with van der Waals surface area (Å²) < 4.78 is 19.7. The zero-order valence-electron chi connectivity index (χ0n) is 19.5. The van der Waals surface area contributed by atoms with E-state index >= 15 is 0 Å². The van der Waals surface area contributed by atoms with Crippen molar-refractivity contribution in [3.05, 3.63) is 42.0 Å². The van der Waals surface area contributed by atoms with Crippen molar-refractivity contribution in [3.8, 4) is 5.88 Å². The lowest BCUT2D eigenvalue weighted by molar-refractivity contribution is -0.122. The Morgan fingerprint density at radius 3 is 2.97 bits per heavy atom. The van der Waals surface area contributed by atoms with Crippen LogP contribution >= 0.6 is 11.8 Å². The summed E-state index contributed by atoms with van der Waals surface area (Å²) in [6.07, 6.45) is 2.14. The maximum Gasteiger partial charge on any atom is 0.235 e. The summed E-state index contributed by atoms with van der Waals surface area (Å²) in [4.78, 5) is 38.1. The van der Waals surface area contributed by atoms with Crippen LogP contribution in [0.15, 0.2) is 35.4 Å². The highest BCUT2D eigenvalue weighted by atomic mass is 32.2. The van der Waals surface area contributed by atoms with Gasteiger partial charge in [0.05, 0.1) is 40.8 Å². The predicted molar refractivity (Wildman–Crippen MR) is 132 cm³/mol. The first-order valence-corrected chi connectivity index (χ1v) is 12.5. The van der Waals surface area contributed by atoms with Gasteiger partial charge in [0, 0.05) is 30.8 Å².